The molecule has 4 aromatic rings. The van der Waals surface area contributed by atoms with E-state index in [-0.39, 0.29) is 16.7 Å². The predicted octanol–water partition coefficient (Wildman–Crippen LogP) is 7.33. The van der Waals surface area contributed by atoms with Gasteiger partial charge >= 0.3 is 0 Å². The van der Waals surface area contributed by atoms with Crippen molar-refractivity contribution in [1.29, 1.82) is 0 Å². The minimum Gasteiger partial charge on any atom is -0.375 e. The molecule has 0 atom stereocenters. The van der Waals surface area contributed by atoms with E-state index in [2.05, 4.69) is 137 Å². The van der Waals surface area contributed by atoms with E-state index in [0.29, 0.717) is 18.7 Å². The Balaban J connectivity index is 1.50. The van der Waals surface area contributed by atoms with Crippen LogP contribution in [0.4, 0.5) is 0 Å². The molecule has 4 aromatic carbocycles. The summed E-state index contributed by atoms with van der Waals surface area (Å²) in [5.41, 5.74) is 1.53. The summed E-state index contributed by atoms with van der Waals surface area (Å²) in [6, 6.07) is 41.0. The molecule has 1 amide bonds. The number of hydrogen-bond donors (Lipinski definition) is 1. The van der Waals surface area contributed by atoms with Gasteiger partial charge in [0.15, 0.2) is 0 Å². The normalized spacial score (nSPS) is 12.2. The number of carbonyl (C=O) groups is 1. The summed E-state index contributed by atoms with van der Waals surface area (Å²) in [6.07, 6.45) is 2.56. The fourth-order valence-electron chi connectivity index (χ4n) is 5.78. The van der Waals surface area contributed by atoms with Crippen LogP contribution in [0.5, 0.6) is 0 Å². The van der Waals surface area contributed by atoms with Crippen LogP contribution in [0.3, 0.4) is 0 Å². The monoisotopic (exact) mass is 566 g/mol. The van der Waals surface area contributed by atoms with Gasteiger partial charge in [0, 0.05) is 18.5 Å². The molecule has 4 heteroatoms. The Morgan fingerprint density at radius 3 is 1.71 bits per heavy atom. The first-order valence-electron chi connectivity index (χ1n) is 14.8. The Bertz CT molecular complexity index is 1290. The molecule has 0 unspecified atom stereocenters. The molecular formula is C37H45NO2P+. The Labute approximate surface area is 247 Å². The van der Waals surface area contributed by atoms with Crippen LogP contribution in [0.15, 0.2) is 115 Å². The van der Waals surface area contributed by atoms with Crippen LogP contribution in [-0.2, 0) is 11.2 Å². The van der Waals surface area contributed by atoms with Gasteiger partial charge in [0.2, 0.25) is 0 Å². The van der Waals surface area contributed by atoms with Crippen molar-refractivity contribution in [3.63, 3.8) is 0 Å². The average Bonchev–Trinajstić information content (AvgIpc) is 2.99. The van der Waals surface area contributed by atoms with Gasteiger partial charge in [-0.25, -0.2) is 0 Å². The summed E-state index contributed by atoms with van der Waals surface area (Å²) in [4.78, 5) is 12.7. The highest BCUT2D eigenvalue weighted by molar-refractivity contribution is 7.96. The van der Waals surface area contributed by atoms with E-state index in [4.69, 9.17) is 4.74 Å². The third-order valence-corrected chi connectivity index (χ3v) is 13.4. The van der Waals surface area contributed by atoms with Crippen LogP contribution in [0, 0.1) is 0 Å². The molecule has 0 aliphatic rings. The molecule has 0 aromatic heterocycles. The molecule has 214 valence electrons. The summed E-state index contributed by atoms with van der Waals surface area (Å²) in [5.74, 6) is -0.0274. The van der Waals surface area contributed by atoms with Gasteiger partial charge in [-0.05, 0) is 94.6 Å². The maximum atomic E-state index is 12.7. The van der Waals surface area contributed by atoms with Crippen molar-refractivity contribution < 1.29 is 9.53 Å². The van der Waals surface area contributed by atoms with Crippen LogP contribution in [-0.4, -0.2) is 29.8 Å². The van der Waals surface area contributed by atoms with Gasteiger partial charge in [-0.1, -0.05) is 73.7 Å². The molecule has 3 nitrogen and oxygen atoms in total. The highest BCUT2D eigenvalue weighted by atomic mass is 31.2. The lowest BCUT2D eigenvalue weighted by molar-refractivity contribution is -0.0258. The number of aryl methyl sites for hydroxylation is 1. The maximum absolute atomic E-state index is 12.7. The molecular weight excluding hydrogens is 521 g/mol. The molecule has 0 heterocycles. The highest BCUT2D eigenvalue weighted by Crippen LogP contribution is 2.66. The molecule has 4 rings (SSSR count). The molecule has 0 spiro atoms. The molecule has 0 fully saturated rings. The molecule has 0 aliphatic heterocycles. The van der Waals surface area contributed by atoms with Crippen LogP contribution in [0.25, 0.3) is 0 Å². The standard InChI is InChI=1S/C37H44NO2P/c1-6-30-17-16-18-31(29-30)35(39)38-27-25-36(2,3)40-28-26-37(4,5)41(32-19-10-7-11-20-32,33-21-12-8-13-22-33)34-23-14-9-15-24-34/h7-24,29H,6,25-28H2,1-5H3/p+1. The Hall–Kier alpha value is -3.26. The third kappa shape index (κ3) is 7.15. The van der Waals surface area contributed by atoms with Crippen molar-refractivity contribution in [2.45, 2.75) is 64.6 Å². The quantitative estimate of drug-likeness (QED) is 0.172. The van der Waals surface area contributed by atoms with Gasteiger partial charge in [0.1, 0.15) is 23.2 Å². The second-order valence-corrected chi connectivity index (χ2v) is 16.0. The number of amides is 1. The van der Waals surface area contributed by atoms with Crippen LogP contribution in [0.2, 0.25) is 0 Å². The Kier molecular flexibility index (Phi) is 10.2. The van der Waals surface area contributed by atoms with Crippen molar-refractivity contribution >= 4 is 29.1 Å². The van der Waals surface area contributed by atoms with Gasteiger partial charge in [-0.15, -0.1) is 0 Å². The van der Waals surface area contributed by atoms with Gasteiger partial charge in [-0.3, -0.25) is 4.79 Å². The van der Waals surface area contributed by atoms with Gasteiger partial charge < -0.3 is 10.1 Å². The molecule has 41 heavy (non-hydrogen) atoms. The van der Waals surface area contributed by atoms with Gasteiger partial charge in [0.05, 0.1) is 17.4 Å². The van der Waals surface area contributed by atoms with E-state index in [9.17, 15) is 4.79 Å². The van der Waals surface area contributed by atoms with E-state index >= 15 is 0 Å². The number of ether oxygens (including phenoxy) is 1. The molecule has 0 aliphatic carbocycles. The van der Waals surface area contributed by atoms with E-state index in [0.717, 1.165) is 19.3 Å². The van der Waals surface area contributed by atoms with Crippen molar-refractivity contribution in [1.82, 2.24) is 5.32 Å². The lowest BCUT2D eigenvalue weighted by atomic mass is 10.0. The van der Waals surface area contributed by atoms with E-state index in [1.807, 2.05) is 18.2 Å². The number of nitrogens with one attached hydrogen (secondary N) is 1. The lowest BCUT2D eigenvalue weighted by Gasteiger charge is -2.41. The zero-order valence-electron chi connectivity index (χ0n) is 25.3. The highest BCUT2D eigenvalue weighted by Gasteiger charge is 2.57. The third-order valence-electron chi connectivity index (χ3n) is 8.16. The average molecular weight is 567 g/mol. The zero-order valence-corrected chi connectivity index (χ0v) is 26.2. The smallest absolute Gasteiger partial charge is 0.251 e. The number of hydrogen-bond acceptors (Lipinski definition) is 2. The van der Waals surface area contributed by atoms with E-state index < -0.39 is 7.26 Å². The molecule has 1 N–H and O–H groups in total. The molecule has 0 saturated carbocycles. The maximum Gasteiger partial charge on any atom is 0.251 e. The predicted molar refractivity (Wildman–Crippen MR) is 177 cm³/mol. The van der Waals surface area contributed by atoms with Crippen LogP contribution in [0.1, 0.15) is 63.4 Å². The van der Waals surface area contributed by atoms with Crippen molar-refractivity contribution in [3.05, 3.63) is 126 Å². The van der Waals surface area contributed by atoms with Crippen molar-refractivity contribution in [3.8, 4) is 0 Å². The summed E-state index contributed by atoms with van der Waals surface area (Å²) in [7, 11) is -2.05. The van der Waals surface area contributed by atoms with E-state index in [1.165, 1.54) is 21.5 Å². The minimum atomic E-state index is -2.05. The molecule has 0 saturated heterocycles. The summed E-state index contributed by atoms with van der Waals surface area (Å²) in [6.45, 7) is 12.4. The summed E-state index contributed by atoms with van der Waals surface area (Å²) >= 11 is 0. The fourth-order valence-corrected chi connectivity index (χ4v) is 11.1. The summed E-state index contributed by atoms with van der Waals surface area (Å²) < 4.78 is 6.56. The SMILES string of the molecule is CCc1cccc(C(=O)NCCC(C)(C)OCCC(C)(C)[P+](c2ccccc2)(c2ccccc2)c2ccccc2)c1. The second-order valence-electron chi connectivity index (χ2n) is 11.9. The van der Waals surface area contributed by atoms with E-state index in [1.54, 1.807) is 0 Å². The number of benzene rings is 4. The van der Waals surface area contributed by atoms with Gasteiger partial charge in [-0.2, -0.15) is 0 Å². The lowest BCUT2D eigenvalue weighted by Crippen LogP contribution is -2.45. The second kappa shape index (κ2) is 13.6. The van der Waals surface area contributed by atoms with Crippen molar-refractivity contribution in [2.24, 2.45) is 0 Å². The van der Waals surface area contributed by atoms with Crippen molar-refractivity contribution in [2.75, 3.05) is 13.2 Å². The van der Waals surface area contributed by atoms with Gasteiger partial charge in [0.25, 0.3) is 5.91 Å². The summed E-state index contributed by atoms with van der Waals surface area (Å²) in [5, 5.41) is 7.17. The Morgan fingerprint density at radius 1 is 0.707 bits per heavy atom. The fraction of sp³-hybridized carbons (Fsp3) is 0.324. The number of carbonyl (C=O) groups excluding carboxylic acids is 1. The first kappa shape index (κ1) is 30.7. The van der Waals surface area contributed by atoms with Crippen LogP contribution >= 0.6 is 7.26 Å². The minimum absolute atomic E-state index is 0.0274. The topological polar surface area (TPSA) is 38.3 Å². The molecule has 0 radical (unpaired) electrons. The number of rotatable bonds is 13. The first-order valence-corrected chi connectivity index (χ1v) is 16.6. The molecule has 0 bridgehead atoms. The zero-order chi connectivity index (χ0) is 29.3. The van der Waals surface area contributed by atoms with Crippen LogP contribution < -0.4 is 21.2 Å². The largest absolute Gasteiger partial charge is 0.375 e. The first-order chi connectivity index (χ1) is 19.7. The Morgan fingerprint density at radius 2 is 1.22 bits per heavy atom.